The van der Waals surface area contributed by atoms with Gasteiger partial charge in [0.2, 0.25) is 10.0 Å². The van der Waals surface area contributed by atoms with Crippen LogP contribution in [0, 0.1) is 11.3 Å². The third-order valence-electron chi connectivity index (χ3n) is 2.33. The summed E-state index contributed by atoms with van der Waals surface area (Å²) in [7, 11) is -3.37. The van der Waals surface area contributed by atoms with E-state index in [2.05, 4.69) is 4.72 Å². The molecule has 0 amide bonds. The molecule has 1 rings (SSSR count). The summed E-state index contributed by atoms with van der Waals surface area (Å²) in [6.45, 7) is 2.16. The summed E-state index contributed by atoms with van der Waals surface area (Å²) < 4.78 is 26.0. The number of hydrogen-bond donors (Lipinski definition) is 2. The average Bonchev–Trinajstić information content (AvgIpc) is 2.27. The van der Waals surface area contributed by atoms with Gasteiger partial charge < -0.3 is 5.73 Å². The zero-order valence-electron chi connectivity index (χ0n) is 10.7. The van der Waals surface area contributed by atoms with Gasteiger partial charge in [0, 0.05) is 12.6 Å². The van der Waals surface area contributed by atoms with Crippen molar-refractivity contribution in [2.45, 2.75) is 25.1 Å². The number of nitrogens with two attached hydrogens (primary N) is 1. The highest BCUT2D eigenvalue weighted by molar-refractivity contribution is 7.88. The van der Waals surface area contributed by atoms with Gasteiger partial charge >= 0.3 is 0 Å². The van der Waals surface area contributed by atoms with Crippen molar-refractivity contribution in [2.75, 3.05) is 6.54 Å². The maximum Gasteiger partial charge on any atom is 0.215 e. The Morgan fingerprint density at radius 2 is 2.16 bits per heavy atom. The molecule has 0 fully saturated rings. The topological polar surface area (TPSA) is 96.0 Å². The summed E-state index contributed by atoms with van der Waals surface area (Å²) in [5, 5.41) is 8.73. The second-order valence-electron chi connectivity index (χ2n) is 4.23. The van der Waals surface area contributed by atoms with Crippen molar-refractivity contribution in [1.29, 1.82) is 5.26 Å². The molecule has 1 aromatic carbocycles. The second-order valence-corrected chi connectivity index (χ2v) is 6.04. The van der Waals surface area contributed by atoms with Crippen molar-refractivity contribution < 1.29 is 8.42 Å². The van der Waals surface area contributed by atoms with Crippen LogP contribution in [-0.4, -0.2) is 21.0 Å². The minimum Gasteiger partial charge on any atom is -0.328 e. The third-order valence-corrected chi connectivity index (χ3v) is 3.69. The molecule has 106 valence electrons. The number of hydrogen-bond acceptors (Lipinski definition) is 4. The molecule has 0 bridgehead atoms. The fraction of sp³-hybridized carbons (Fsp3) is 0.417. The number of benzene rings is 1. The quantitative estimate of drug-likeness (QED) is 0.823. The maximum atomic E-state index is 11.7. The van der Waals surface area contributed by atoms with Gasteiger partial charge in [-0.15, -0.1) is 12.4 Å². The highest BCUT2D eigenvalue weighted by Crippen LogP contribution is 2.07. The predicted molar refractivity (Wildman–Crippen MR) is 77.3 cm³/mol. The van der Waals surface area contributed by atoms with Crippen LogP contribution < -0.4 is 10.5 Å². The van der Waals surface area contributed by atoms with Crippen LogP contribution in [0.2, 0.25) is 0 Å². The highest BCUT2D eigenvalue weighted by Gasteiger charge is 2.11. The average molecular weight is 304 g/mol. The minimum atomic E-state index is -3.37. The lowest BCUT2D eigenvalue weighted by Crippen LogP contribution is -2.29. The van der Waals surface area contributed by atoms with E-state index in [9.17, 15) is 8.42 Å². The van der Waals surface area contributed by atoms with Crippen molar-refractivity contribution in [1.82, 2.24) is 4.72 Å². The molecular weight excluding hydrogens is 286 g/mol. The molecule has 3 N–H and O–H groups in total. The number of nitriles is 1. The summed E-state index contributed by atoms with van der Waals surface area (Å²) in [6, 6.07) is 8.52. The number of sulfonamides is 1. The van der Waals surface area contributed by atoms with Gasteiger partial charge in [0.05, 0.1) is 17.4 Å². The lowest BCUT2D eigenvalue weighted by molar-refractivity contribution is 0.571. The molecule has 0 aliphatic rings. The van der Waals surface area contributed by atoms with Crippen molar-refractivity contribution >= 4 is 22.4 Å². The van der Waals surface area contributed by atoms with E-state index in [-0.39, 0.29) is 24.2 Å². The van der Waals surface area contributed by atoms with Crippen molar-refractivity contribution in [3.8, 4) is 6.07 Å². The number of rotatable bonds is 6. The predicted octanol–water partition coefficient (Wildman–Crippen LogP) is 1.14. The number of halogens is 1. The zero-order valence-corrected chi connectivity index (χ0v) is 12.3. The van der Waals surface area contributed by atoms with Gasteiger partial charge in [-0.05, 0) is 31.0 Å². The summed E-state index contributed by atoms with van der Waals surface area (Å²) in [4.78, 5) is 0. The molecule has 0 heterocycles. The Balaban J connectivity index is 0.00000324. The molecule has 0 radical (unpaired) electrons. The Morgan fingerprint density at radius 3 is 2.74 bits per heavy atom. The van der Waals surface area contributed by atoms with Gasteiger partial charge in [-0.2, -0.15) is 5.26 Å². The Kier molecular flexibility index (Phi) is 7.64. The molecule has 1 aromatic rings. The van der Waals surface area contributed by atoms with Crippen molar-refractivity contribution in [2.24, 2.45) is 5.73 Å². The lowest BCUT2D eigenvalue weighted by Gasteiger charge is -2.08. The normalized spacial score (nSPS) is 12.3. The van der Waals surface area contributed by atoms with E-state index in [0.717, 1.165) is 0 Å². The van der Waals surface area contributed by atoms with Crippen LogP contribution >= 0.6 is 12.4 Å². The fourth-order valence-electron chi connectivity index (χ4n) is 1.44. The first-order valence-electron chi connectivity index (χ1n) is 5.65. The number of nitrogens with zero attached hydrogens (tertiary/aromatic N) is 1. The van der Waals surface area contributed by atoms with E-state index in [1.165, 1.54) is 0 Å². The molecule has 1 atom stereocenters. The maximum absolute atomic E-state index is 11.7. The molecule has 7 heteroatoms. The minimum absolute atomic E-state index is 0. The van der Waals surface area contributed by atoms with Crippen LogP contribution in [-0.2, 0) is 15.8 Å². The van der Waals surface area contributed by atoms with Crippen molar-refractivity contribution in [3.05, 3.63) is 35.4 Å². The molecule has 0 saturated carbocycles. The summed E-state index contributed by atoms with van der Waals surface area (Å²) in [5.41, 5.74) is 6.60. The van der Waals surface area contributed by atoms with Crippen molar-refractivity contribution in [3.63, 3.8) is 0 Å². The van der Waals surface area contributed by atoms with E-state index in [1.54, 1.807) is 24.3 Å². The molecular formula is C12H18ClN3O2S. The van der Waals surface area contributed by atoms with E-state index < -0.39 is 10.0 Å². The van der Waals surface area contributed by atoms with Crippen LogP contribution in [0.1, 0.15) is 24.5 Å². The van der Waals surface area contributed by atoms with Crippen LogP contribution in [0.5, 0.6) is 0 Å². The highest BCUT2D eigenvalue weighted by atomic mass is 35.5. The van der Waals surface area contributed by atoms with Crippen LogP contribution in [0.3, 0.4) is 0 Å². The largest absolute Gasteiger partial charge is 0.328 e. The Morgan fingerprint density at radius 1 is 1.47 bits per heavy atom. The fourth-order valence-corrected chi connectivity index (χ4v) is 2.59. The summed E-state index contributed by atoms with van der Waals surface area (Å²) >= 11 is 0. The molecule has 5 nitrogen and oxygen atoms in total. The Bertz CT molecular complexity index is 538. The SMILES string of the molecule is CC(N)CCNS(=O)(=O)Cc1cccc(C#N)c1.Cl. The molecule has 0 aliphatic heterocycles. The monoisotopic (exact) mass is 303 g/mol. The first-order valence-corrected chi connectivity index (χ1v) is 7.30. The first kappa shape index (κ1) is 17.9. The van der Waals surface area contributed by atoms with Crippen LogP contribution in [0.4, 0.5) is 0 Å². The first-order chi connectivity index (χ1) is 8.43. The van der Waals surface area contributed by atoms with E-state index >= 15 is 0 Å². The van der Waals surface area contributed by atoms with Crippen LogP contribution in [0.15, 0.2) is 24.3 Å². The van der Waals surface area contributed by atoms with E-state index in [1.807, 2.05) is 13.0 Å². The standard InChI is InChI=1S/C12H17N3O2S.ClH/c1-10(14)5-6-15-18(16,17)9-12-4-2-3-11(7-12)8-13;/h2-4,7,10,15H,5-6,9,14H2,1H3;1H. The van der Waals surface area contributed by atoms with Crippen LogP contribution in [0.25, 0.3) is 0 Å². The summed E-state index contributed by atoms with van der Waals surface area (Å²) in [6.07, 6.45) is 0.595. The lowest BCUT2D eigenvalue weighted by atomic mass is 10.2. The Labute approximate surface area is 120 Å². The molecule has 1 unspecified atom stereocenters. The number of nitrogens with one attached hydrogen (secondary N) is 1. The van der Waals surface area contributed by atoms with Gasteiger partial charge in [-0.3, -0.25) is 0 Å². The van der Waals surface area contributed by atoms with Gasteiger partial charge in [-0.25, -0.2) is 13.1 Å². The van der Waals surface area contributed by atoms with E-state index in [4.69, 9.17) is 11.0 Å². The van der Waals surface area contributed by atoms with Gasteiger partial charge in [-0.1, -0.05) is 12.1 Å². The molecule has 0 spiro atoms. The van der Waals surface area contributed by atoms with Gasteiger partial charge in [0.15, 0.2) is 0 Å². The smallest absolute Gasteiger partial charge is 0.215 e. The molecule has 19 heavy (non-hydrogen) atoms. The van der Waals surface area contributed by atoms with Gasteiger partial charge in [0.25, 0.3) is 0 Å². The summed E-state index contributed by atoms with van der Waals surface area (Å²) in [5.74, 6) is -0.124. The van der Waals surface area contributed by atoms with E-state index in [0.29, 0.717) is 24.1 Å². The zero-order chi connectivity index (χ0) is 13.6. The third kappa shape index (κ3) is 7.13. The second kappa shape index (κ2) is 8.12. The molecule has 0 aromatic heterocycles. The Hall–Kier alpha value is -1.13. The molecule has 0 aliphatic carbocycles. The molecule has 0 saturated heterocycles. The van der Waals surface area contributed by atoms with Gasteiger partial charge in [0.1, 0.15) is 0 Å².